The molecule has 1 N–H and O–H groups in total. The Labute approximate surface area is 166 Å². The quantitative estimate of drug-likeness (QED) is 0.490. The Balaban J connectivity index is 1.93. The van der Waals surface area contributed by atoms with E-state index < -0.39 is 10.8 Å². The molecule has 3 rings (SSSR count). The van der Waals surface area contributed by atoms with Crippen molar-refractivity contribution in [3.63, 3.8) is 0 Å². The van der Waals surface area contributed by atoms with Crippen molar-refractivity contribution >= 4 is 17.3 Å². The molecule has 3 aromatic rings. The van der Waals surface area contributed by atoms with Gasteiger partial charge in [-0.3, -0.25) is 14.9 Å². The van der Waals surface area contributed by atoms with Gasteiger partial charge in [-0.25, -0.2) is 0 Å². The van der Waals surface area contributed by atoms with Crippen molar-refractivity contribution in [3.8, 4) is 23.3 Å². The zero-order valence-corrected chi connectivity index (χ0v) is 15.3. The van der Waals surface area contributed by atoms with E-state index in [1.807, 2.05) is 6.07 Å². The van der Waals surface area contributed by atoms with Crippen molar-refractivity contribution in [3.05, 3.63) is 88.0 Å². The summed E-state index contributed by atoms with van der Waals surface area (Å²) in [6, 6.07) is 18.8. The molecule has 0 heterocycles. The van der Waals surface area contributed by atoms with Gasteiger partial charge in [-0.1, -0.05) is 6.07 Å². The van der Waals surface area contributed by atoms with Gasteiger partial charge in [0, 0.05) is 17.8 Å². The summed E-state index contributed by atoms with van der Waals surface area (Å²) in [5.41, 5.74) is 0.493. The zero-order valence-electron chi connectivity index (χ0n) is 15.3. The maximum absolute atomic E-state index is 12.8. The van der Waals surface area contributed by atoms with Crippen molar-refractivity contribution in [2.75, 3.05) is 12.4 Å². The molecule has 0 aromatic heterocycles. The molecule has 8 nitrogen and oxygen atoms in total. The Hall–Kier alpha value is -4.38. The minimum Gasteiger partial charge on any atom is -0.497 e. The number of anilines is 1. The van der Waals surface area contributed by atoms with Crippen LogP contribution in [0.15, 0.2) is 66.7 Å². The molecule has 3 aromatic carbocycles. The summed E-state index contributed by atoms with van der Waals surface area (Å²) < 4.78 is 10.8. The number of carbonyl (C=O) groups is 1. The van der Waals surface area contributed by atoms with Crippen LogP contribution in [-0.4, -0.2) is 17.9 Å². The van der Waals surface area contributed by atoms with Crippen molar-refractivity contribution in [2.45, 2.75) is 0 Å². The molecule has 144 valence electrons. The summed E-state index contributed by atoms with van der Waals surface area (Å²) in [6.45, 7) is 0. The molecule has 0 unspecified atom stereocenters. The highest BCUT2D eigenvalue weighted by Gasteiger charge is 2.19. The van der Waals surface area contributed by atoms with Gasteiger partial charge in [0.25, 0.3) is 11.6 Å². The SMILES string of the molecule is COc1ccc(Oc2ccc([N+](=O)[O-])cc2C(=O)Nc2cccc(C#N)c2)cc1. The van der Waals surface area contributed by atoms with E-state index in [-0.39, 0.29) is 17.0 Å². The molecule has 0 bridgehead atoms. The molecule has 0 aliphatic carbocycles. The number of carbonyl (C=O) groups excluding carboxylic acids is 1. The normalized spacial score (nSPS) is 9.93. The Morgan fingerprint density at radius 3 is 2.45 bits per heavy atom. The molecule has 0 atom stereocenters. The van der Waals surface area contributed by atoms with Crippen molar-refractivity contribution in [1.82, 2.24) is 0 Å². The molecular formula is C21H15N3O5. The van der Waals surface area contributed by atoms with Crippen LogP contribution in [0.4, 0.5) is 11.4 Å². The molecule has 1 amide bonds. The van der Waals surface area contributed by atoms with E-state index in [0.717, 1.165) is 6.07 Å². The Morgan fingerprint density at radius 1 is 1.07 bits per heavy atom. The first kappa shape index (κ1) is 19.4. The maximum Gasteiger partial charge on any atom is 0.270 e. The molecule has 0 saturated heterocycles. The fourth-order valence-electron chi connectivity index (χ4n) is 2.53. The summed E-state index contributed by atoms with van der Waals surface area (Å²) in [4.78, 5) is 23.3. The number of nitrogens with one attached hydrogen (secondary N) is 1. The first-order valence-electron chi connectivity index (χ1n) is 8.42. The van der Waals surface area contributed by atoms with E-state index >= 15 is 0 Å². The predicted molar refractivity (Wildman–Crippen MR) is 105 cm³/mol. The zero-order chi connectivity index (χ0) is 20.8. The van der Waals surface area contributed by atoms with E-state index in [0.29, 0.717) is 22.7 Å². The number of amides is 1. The summed E-state index contributed by atoms with van der Waals surface area (Å²) in [6.07, 6.45) is 0. The number of methoxy groups -OCH3 is 1. The lowest BCUT2D eigenvalue weighted by Crippen LogP contribution is -2.13. The molecule has 0 radical (unpaired) electrons. The van der Waals surface area contributed by atoms with Crippen LogP contribution in [0.25, 0.3) is 0 Å². The lowest BCUT2D eigenvalue weighted by Gasteiger charge is -2.12. The third-order valence-corrected chi connectivity index (χ3v) is 3.96. The Kier molecular flexibility index (Phi) is 5.71. The second kappa shape index (κ2) is 8.54. The van der Waals surface area contributed by atoms with Crippen LogP contribution in [0.2, 0.25) is 0 Å². The molecule has 29 heavy (non-hydrogen) atoms. The fraction of sp³-hybridized carbons (Fsp3) is 0.0476. The van der Waals surface area contributed by atoms with Crippen LogP contribution in [0, 0.1) is 21.4 Å². The van der Waals surface area contributed by atoms with Gasteiger partial charge in [0.2, 0.25) is 0 Å². The number of nitriles is 1. The van der Waals surface area contributed by atoms with Crippen LogP contribution in [0.1, 0.15) is 15.9 Å². The number of nitro groups is 1. The predicted octanol–water partition coefficient (Wildman–Crippen LogP) is 4.52. The number of benzene rings is 3. The number of hydrogen-bond donors (Lipinski definition) is 1. The number of non-ortho nitro benzene ring substituents is 1. The van der Waals surface area contributed by atoms with Gasteiger partial charge in [-0.2, -0.15) is 5.26 Å². The lowest BCUT2D eigenvalue weighted by atomic mass is 10.1. The van der Waals surface area contributed by atoms with E-state index in [1.54, 1.807) is 42.5 Å². The number of nitrogens with zero attached hydrogens (tertiary/aromatic N) is 2. The van der Waals surface area contributed by atoms with Gasteiger partial charge < -0.3 is 14.8 Å². The van der Waals surface area contributed by atoms with Crippen LogP contribution >= 0.6 is 0 Å². The molecule has 8 heteroatoms. The Bertz CT molecular complexity index is 1100. The average molecular weight is 389 g/mol. The first-order chi connectivity index (χ1) is 14.0. The van der Waals surface area contributed by atoms with E-state index in [2.05, 4.69) is 5.32 Å². The second-order valence-electron chi connectivity index (χ2n) is 5.86. The maximum atomic E-state index is 12.8. The Morgan fingerprint density at radius 2 is 1.79 bits per heavy atom. The van der Waals surface area contributed by atoms with Crippen LogP contribution < -0.4 is 14.8 Å². The summed E-state index contributed by atoms with van der Waals surface area (Å²) in [5.74, 6) is 0.610. The van der Waals surface area contributed by atoms with E-state index in [4.69, 9.17) is 14.7 Å². The topological polar surface area (TPSA) is 114 Å². The van der Waals surface area contributed by atoms with Crippen molar-refractivity contribution in [1.29, 1.82) is 5.26 Å². The van der Waals surface area contributed by atoms with Gasteiger partial charge in [0.05, 0.1) is 29.2 Å². The molecule has 0 saturated carbocycles. The number of nitro benzene ring substituents is 1. The molecule has 0 fully saturated rings. The average Bonchev–Trinajstić information content (AvgIpc) is 2.74. The summed E-state index contributed by atoms with van der Waals surface area (Å²) in [5, 5.41) is 22.8. The molecular weight excluding hydrogens is 374 g/mol. The van der Waals surface area contributed by atoms with Gasteiger partial charge in [0.15, 0.2) is 0 Å². The van der Waals surface area contributed by atoms with E-state index in [1.165, 1.54) is 25.3 Å². The minimum absolute atomic E-state index is 0.0163. The van der Waals surface area contributed by atoms with Crippen molar-refractivity contribution in [2.24, 2.45) is 0 Å². The second-order valence-corrected chi connectivity index (χ2v) is 5.86. The highest BCUT2D eigenvalue weighted by Crippen LogP contribution is 2.30. The minimum atomic E-state index is -0.604. The van der Waals surface area contributed by atoms with Crippen LogP contribution in [-0.2, 0) is 0 Å². The third-order valence-electron chi connectivity index (χ3n) is 3.96. The highest BCUT2D eigenvalue weighted by molar-refractivity contribution is 6.06. The van der Waals surface area contributed by atoms with Crippen LogP contribution in [0.3, 0.4) is 0 Å². The van der Waals surface area contributed by atoms with Gasteiger partial charge in [-0.15, -0.1) is 0 Å². The largest absolute Gasteiger partial charge is 0.497 e. The summed E-state index contributed by atoms with van der Waals surface area (Å²) >= 11 is 0. The fourth-order valence-corrected chi connectivity index (χ4v) is 2.53. The first-order valence-corrected chi connectivity index (χ1v) is 8.42. The summed E-state index contributed by atoms with van der Waals surface area (Å²) in [7, 11) is 1.54. The number of ether oxygens (including phenoxy) is 2. The van der Waals surface area contributed by atoms with E-state index in [9.17, 15) is 14.9 Å². The van der Waals surface area contributed by atoms with Gasteiger partial charge >= 0.3 is 0 Å². The highest BCUT2D eigenvalue weighted by atomic mass is 16.6. The molecule has 0 aliphatic rings. The number of hydrogen-bond acceptors (Lipinski definition) is 6. The number of rotatable bonds is 6. The van der Waals surface area contributed by atoms with Crippen LogP contribution in [0.5, 0.6) is 17.2 Å². The molecule has 0 spiro atoms. The monoisotopic (exact) mass is 389 g/mol. The smallest absolute Gasteiger partial charge is 0.270 e. The molecule has 0 aliphatic heterocycles. The van der Waals surface area contributed by atoms with Crippen molar-refractivity contribution < 1.29 is 19.2 Å². The standard InChI is InChI=1S/C21H15N3O5/c1-28-17-6-8-18(9-7-17)29-20-10-5-16(24(26)27)12-19(20)21(25)23-15-4-2-3-14(11-15)13-22/h2-12H,1H3,(H,23,25). The lowest BCUT2D eigenvalue weighted by molar-refractivity contribution is -0.384. The van der Waals surface area contributed by atoms with Gasteiger partial charge in [-0.05, 0) is 48.5 Å². The third kappa shape index (κ3) is 4.67. The van der Waals surface area contributed by atoms with Gasteiger partial charge in [0.1, 0.15) is 17.2 Å².